The summed E-state index contributed by atoms with van der Waals surface area (Å²) < 4.78 is 49.2. The van der Waals surface area contributed by atoms with Gasteiger partial charge in [-0.2, -0.15) is 0 Å². The third-order valence-corrected chi connectivity index (χ3v) is 6.92. The van der Waals surface area contributed by atoms with Crippen molar-refractivity contribution in [1.29, 1.82) is 0 Å². The Bertz CT molecular complexity index is 1330. The molecule has 0 saturated carbocycles. The van der Waals surface area contributed by atoms with Gasteiger partial charge in [0.2, 0.25) is 0 Å². The number of imidazole rings is 1. The highest BCUT2D eigenvalue weighted by Crippen LogP contribution is 2.37. The van der Waals surface area contributed by atoms with Gasteiger partial charge in [-0.3, -0.25) is 4.79 Å². The van der Waals surface area contributed by atoms with Crippen LogP contribution in [-0.2, 0) is 4.79 Å². The van der Waals surface area contributed by atoms with Crippen LogP contribution in [0.5, 0.6) is 5.75 Å². The Kier molecular flexibility index (Phi) is 6.34. The zero-order valence-corrected chi connectivity index (χ0v) is 20.3. The van der Waals surface area contributed by atoms with Crippen LogP contribution in [0, 0.1) is 24.4 Å². The van der Waals surface area contributed by atoms with Crippen LogP contribution in [0.2, 0.25) is 0 Å². The number of aryl methyl sites for hydroxylation is 1. The first-order chi connectivity index (χ1) is 17.2. The Morgan fingerprint density at radius 3 is 2.53 bits per heavy atom. The molecular weight excluding hydrogens is 469 g/mol. The zero-order valence-electron chi connectivity index (χ0n) is 20.3. The lowest BCUT2D eigenvalue weighted by Crippen LogP contribution is -2.57. The summed E-state index contributed by atoms with van der Waals surface area (Å²) in [6.45, 7) is 2.96. The maximum absolute atomic E-state index is 14.0. The number of halogens is 3. The molecule has 2 aromatic carbocycles. The fourth-order valence-corrected chi connectivity index (χ4v) is 5.21. The van der Waals surface area contributed by atoms with E-state index in [-0.39, 0.29) is 17.5 Å². The van der Waals surface area contributed by atoms with E-state index in [0.717, 1.165) is 29.1 Å². The van der Waals surface area contributed by atoms with E-state index in [2.05, 4.69) is 4.98 Å². The fraction of sp³-hybridized carbons (Fsp3) is 0.333. The number of carbonyl (C=O) groups is 1. The summed E-state index contributed by atoms with van der Waals surface area (Å²) in [5.41, 5.74) is 3.37. The molecule has 0 unspecified atom stereocenters. The summed E-state index contributed by atoms with van der Waals surface area (Å²) in [6.07, 6.45) is 6.75. The van der Waals surface area contributed by atoms with Crippen molar-refractivity contribution < 1.29 is 22.7 Å². The molecular formula is C27H27F3N4O2. The molecule has 3 aromatic rings. The Hall–Kier alpha value is -3.59. The van der Waals surface area contributed by atoms with Crippen molar-refractivity contribution in [2.24, 2.45) is 0 Å². The predicted molar refractivity (Wildman–Crippen MR) is 129 cm³/mol. The van der Waals surface area contributed by atoms with Crippen LogP contribution in [0.4, 0.5) is 13.2 Å². The fourth-order valence-electron chi connectivity index (χ4n) is 5.21. The average Bonchev–Trinajstić information content (AvgIpc) is 3.29. The first kappa shape index (κ1) is 24.1. The van der Waals surface area contributed by atoms with E-state index < -0.39 is 23.5 Å². The molecule has 3 heterocycles. The topological polar surface area (TPSA) is 50.6 Å². The lowest BCUT2D eigenvalue weighted by molar-refractivity contribution is -0.138. The SMILES string of the molecule is COc1cc(C=C2CC[C@H]3CN(C)C[C@@H](c4cc(F)c(F)c(F)c4)N3C2=O)ccc1-n1cnc(C)c1. The van der Waals surface area contributed by atoms with Gasteiger partial charge < -0.3 is 19.1 Å². The summed E-state index contributed by atoms with van der Waals surface area (Å²) in [7, 11) is 3.50. The second kappa shape index (κ2) is 9.46. The van der Waals surface area contributed by atoms with Crippen LogP contribution in [-0.4, -0.2) is 58.5 Å². The van der Waals surface area contributed by atoms with Crippen molar-refractivity contribution >= 4 is 12.0 Å². The molecule has 0 aliphatic carbocycles. The van der Waals surface area contributed by atoms with E-state index in [4.69, 9.17) is 4.74 Å². The van der Waals surface area contributed by atoms with Crippen molar-refractivity contribution in [3.05, 3.63) is 82.7 Å². The van der Waals surface area contributed by atoms with Gasteiger partial charge >= 0.3 is 0 Å². The molecule has 2 aliphatic heterocycles. The van der Waals surface area contributed by atoms with Crippen LogP contribution in [0.1, 0.15) is 35.7 Å². The third kappa shape index (κ3) is 4.39. The number of piperazine rings is 1. The van der Waals surface area contributed by atoms with Gasteiger partial charge in [-0.15, -0.1) is 0 Å². The molecule has 0 N–H and O–H groups in total. The zero-order chi connectivity index (χ0) is 25.6. The van der Waals surface area contributed by atoms with Crippen LogP contribution in [0.25, 0.3) is 11.8 Å². The van der Waals surface area contributed by atoms with Crippen molar-refractivity contribution in [3.63, 3.8) is 0 Å². The van der Waals surface area contributed by atoms with Crippen molar-refractivity contribution in [2.45, 2.75) is 31.8 Å². The molecule has 1 aromatic heterocycles. The minimum atomic E-state index is -1.51. The van der Waals surface area contributed by atoms with Gasteiger partial charge in [0, 0.05) is 30.9 Å². The first-order valence-electron chi connectivity index (χ1n) is 11.8. The number of nitrogens with zero attached hydrogens (tertiary/aromatic N) is 4. The number of likely N-dealkylation sites (N-methyl/N-ethyl adjacent to an activating group) is 1. The molecule has 1 amide bonds. The van der Waals surface area contributed by atoms with Crippen LogP contribution in [0.15, 0.2) is 48.4 Å². The summed E-state index contributed by atoms with van der Waals surface area (Å²) in [4.78, 5) is 21.7. The molecule has 6 nitrogen and oxygen atoms in total. The van der Waals surface area contributed by atoms with Crippen LogP contribution in [0.3, 0.4) is 0 Å². The maximum atomic E-state index is 14.0. The summed E-state index contributed by atoms with van der Waals surface area (Å²) in [6, 6.07) is 6.98. The highest BCUT2D eigenvalue weighted by molar-refractivity contribution is 5.99. The molecule has 0 bridgehead atoms. The van der Waals surface area contributed by atoms with Gasteiger partial charge in [-0.25, -0.2) is 18.2 Å². The van der Waals surface area contributed by atoms with E-state index in [1.54, 1.807) is 18.3 Å². The number of rotatable bonds is 4. The minimum absolute atomic E-state index is 0.101. The van der Waals surface area contributed by atoms with E-state index in [1.165, 1.54) is 0 Å². The molecule has 2 atom stereocenters. The number of aromatic nitrogens is 2. The Balaban J connectivity index is 1.47. The summed E-state index contributed by atoms with van der Waals surface area (Å²) in [5, 5.41) is 0. The number of hydrogen-bond acceptors (Lipinski definition) is 4. The lowest BCUT2D eigenvalue weighted by Gasteiger charge is -2.48. The number of piperidine rings is 1. The second-order valence-electron chi connectivity index (χ2n) is 9.46. The van der Waals surface area contributed by atoms with Gasteiger partial charge in [0.15, 0.2) is 17.5 Å². The Morgan fingerprint density at radius 2 is 1.86 bits per heavy atom. The highest BCUT2D eigenvalue weighted by atomic mass is 19.2. The second-order valence-corrected chi connectivity index (χ2v) is 9.46. The predicted octanol–water partition coefficient (Wildman–Crippen LogP) is 4.67. The smallest absolute Gasteiger partial charge is 0.250 e. The normalized spacial score (nSPS) is 21.7. The lowest BCUT2D eigenvalue weighted by atomic mass is 9.89. The molecule has 188 valence electrons. The van der Waals surface area contributed by atoms with Gasteiger partial charge in [0.25, 0.3) is 5.91 Å². The van der Waals surface area contributed by atoms with Gasteiger partial charge in [0.05, 0.1) is 30.9 Å². The number of hydrogen-bond donors (Lipinski definition) is 0. The molecule has 2 aliphatic rings. The van der Waals surface area contributed by atoms with E-state index in [9.17, 15) is 18.0 Å². The molecule has 0 spiro atoms. The third-order valence-electron chi connectivity index (χ3n) is 6.92. The quantitative estimate of drug-likeness (QED) is 0.389. The Labute approximate surface area is 207 Å². The number of amides is 1. The number of benzene rings is 2. The molecule has 9 heteroatoms. The summed E-state index contributed by atoms with van der Waals surface area (Å²) in [5.74, 6) is -3.56. The number of fused-ring (bicyclic) bond motifs is 1. The molecule has 2 saturated heterocycles. The summed E-state index contributed by atoms with van der Waals surface area (Å²) >= 11 is 0. The number of carbonyl (C=O) groups excluding carboxylic acids is 1. The van der Waals surface area contributed by atoms with Gasteiger partial charge in [0.1, 0.15) is 5.75 Å². The maximum Gasteiger partial charge on any atom is 0.250 e. The largest absolute Gasteiger partial charge is 0.495 e. The van der Waals surface area contributed by atoms with E-state index >= 15 is 0 Å². The average molecular weight is 497 g/mol. The first-order valence-corrected chi connectivity index (χ1v) is 11.8. The standard InChI is InChI=1S/C27H27F3N4O2/c1-16-12-33(15-31-16)23-7-4-17(9-25(23)36-3)8-18-5-6-20-13-32(2)14-24(34(20)27(18)35)19-10-21(28)26(30)22(29)11-19/h4,7-12,15,20,24H,5-6,13-14H2,1-3H3/t20-,24-/m0/s1. The van der Waals surface area contributed by atoms with E-state index in [1.807, 2.05) is 53.9 Å². The molecule has 2 fully saturated rings. The number of ether oxygens (including phenoxy) is 1. The molecule has 5 rings (SSSR count). The van der Waals surface area contributed by atoms with Crippen LogP contribution < -0.4 is 4.74 Å². The van der Waals surface area contributed by atoms with Crippen molar-refractivity contribution in [2.75, 3.05) is 27.2 Å². The number of methoxy groups -OCH3 is 1. The molecule has 36 heavy (non-hydrogen) atoms. The van der Waals surface area contributed by atoms with Crippen LogP contribution >= 0.6 is 0 Å². The van der Waals surface area contributed by atoms with Gasteiger partial charge in [-0.1, -0.05) is 6.07 Å². The molecule has 0 radical (unpaired) electrons. The monoisotopic (exact) mass is 496 g/mol. The minimum Gasteiger partial charge on any atom is -0.495 e. The van der Waals surface area contributed by atoms with Crippen molar-refractivity contribution in [3.8, 4) is 11.4 Å². The highest BCUT2D eigenvalue weighted by Gasteiger charge is 2.41. The Morgan fingerprint density at radius 1 is 1.11 bits per heavy atom. The van der Waals surface area contributed by atoms with Gasteiger partial charge in [-0.05, 0) is 68.3 Å². The van der Waals surface area contributed by atoms with E-state index in [0.29, 0.717) is 37.3 Å². The van der Waals surface area contributed by atoms with Crippen molar-refractivity contribution in [1.82, 2.24) is 19.4 Å².